The van der Waals surface area contributed by atoms with E-state index in [1.165, 1.54) is 0 Å². The summed E-state index contributed by atoms with van der Waals surface area (Å²) in [6.45, 7) is 0.859. The minimum atomic E-state index is -0.541. The van der Waals surface area contributed by atoms with E-state index in [1.54, 1.807) is 0 Å². The molecule has 2 rings (SSSR count). The third-order valence-electron chi connectivity index (χ3n) is 3.38. The zero-order valence-electron chi connectivity index (χ0n) is 11.2. The first kappa shape index (κ1) is 16.5. The number of halogens is 1. The summed E-state index contributed by atoms with van der Waals surface area (Å²) in [7, 11) is 0. The molecule has 0 spiro atoms. The molecule has 0 saturated carbocycles. The third-order valence-corrected chi connectivity index (χ3v) is 3.38. The molecule has 5 N–H and O–H groups in total. The number of pyridine rings is 1. The Bertz CT molecular complexity index is 542. The van der Waals surface area contributed by atoms with E-state index in [9.17, 15) is 14.7 Å². The van der Waals surface area contributed by atoms with Gasteiger partial charge >= 0.3 is 0 Å². The Kier molecular flexibility index (Phi) is 6.04. The van der Waals surface area contributed by atoms with Crippen molar-refractivity contribution < 1.29 is 9.90 Å². The number of hydrogen-bond donors (Lipinski definition) is 4. The maximum Gasteiger partial charge on any atom is 0.264 e. The van der Waals surface area contributed by atoms with Crippen molar-refractivity contribution >= 4 is 18.3 Å². The normalized spacial score (nSPS) is 13.2. The lowest BCUT2D eigenvalue weighted by atomic mass is 9.93. The van der Waals surface area contributed by atoms with E-state index in [2.05, 4.69) is 10.3 Å². The summed E-state index contributed by atoms with van der Waals surface area (Å²) in [4.78, 5) is 26.5. The quantitative estimate of drug-likeness (QED) is 0.606. The van der Waals surface area contributed by atoms with Crippen LogP contribution in [0.25, 0.3) is 0 Å². The average molecular weight is 302 g/mol. The van der Waals surface area contributed by atoms with E-state index >= 15 is 0 Å². The van der Waals surface area contributed by atoms with E-state index in [1.807, 2.05) is 0 Å². The first-order valence-electron chi connectivity index (χ1n) is 6.60. The number of fused-ring (bicyclic) bond motifs is 1. The fraction of sp³-hybridized carbons (Fsp3) is 0.538. The van der Waals surface area contributed by atoms with Crippen LogP contribution in [-0.2, 0) is 12.8 Å². The summed E-state index contributed by atoms with van der Waals surface area (Å²) in [5.41, 5.74) is 6.09. The fourth-order valence-electron chi connectivity index (χ4n) is 2.37. The molecule has 112 valence electrons. The molecule has 1 amide bonds. The Morgan fingerprint density at radius 2 is 2.05 bits per heavy atom. The average Bonchev–Trinajstić information content (AvgIpc) is 2.39. The van der Waals surface area contributed by atoms with Crippen LogP contribution < -0.4 is 16.6 Å². The monoisotopic (exact) mass is 301 g/mol. The number of amides is 1. The maximum atomic E-state index is 11.9. The van der Waals surface area contributed by atoms with Gasteiger partial charge in [-0.1, -0.05) is 0 Å². The molecule has 6 nitrogen and oxygen atoms in total. The van der Waals surface area contributed by atoms with E-state index in [0.717, 1.165) is 25.0 Å². The van der Waals surface area contributed by atoms with Crippen molar-refractivity contribution in [3.05, 3.63) is 27.2 Å². The van der Waals surface area contributed by atoms with Gasteiger partial charge < -0.3 is 21.1 Å². The molecule has 0 unspecified atom stereocenters. The van der Waals surface area contributed by atoms with Gasteiger partial charge in [-0.3, -0.25) is 9.59 Å². The maximum absolute atomic E-state index is 11.9. The van der Waals surface area contributed by atoms with Crippen LogP contribution >= 0.6 is 12.4 Å². The van der Waals surface area contributed by atoms with Gasteiger partial charge in [0.05, 0.1) is 0 Å². The predicted molar refractivity (Wildman–Crippen MR) is 78.6 cm³/mol. The second-order valence-corrected chi connectivity index (χ2v) is 4.74. The first-order chi connectivity index (χ1) is 9.15. The molecule has 0 bridgehead atoms. The first-order valence-corrected chi connectivity index (χ1v) is 6.60. The smallest absolute Gasteiger partial charge is 0.264 e. The molecule has 0 aliphatic heterocycles. The van der Waals surface area contributed by atoms with Crippen LogP contribution in [0.4, 0.5) is 0 Å². The van der Waals surface area contributed by atoms with Crippen LogP contribution in [0.1, 0.15) is 40.9 Å². The molecule has 1 aromatic heterocycles. The minimum absolute atomic E-state index is 0. The van der Waals surface area contributed by atoms with Crippen LogP contribution in [0.2, 0.25) is 0 Å². The number of aromatic amines is 1. The summed E-state index contributed by atoms with van der Waals surface area (Å²) in [5.74, 6) is -0.704. The van der Waals surface area contributed by atoms with Crippen molar-refractivity contribution in [1.82, 2.24) is 10.3 Å². The Morgan fingerprint density at radius 3 is 2.75 bits per heavy atom. The summed E-state index contributed by atoms with van der Waals surface area (Å²) >= 11 is 0. The Morgan fingerprint density at radius 1 is 1.35 bits per heavy atom. The molecule has 1 aromatic rings. The fourth-order valence-corrected chi connectivity index (χ4v) is 2.37. The summed E-state index contributed by atoms with van der Waals surface area (Å²) in [5, 5.41) is 12.7. The van der Waals surface area contributed by atoms with Gasteiger partial charge in [-0.15, -0.1) is 12.4 Å². The van der Waals surface area contributed by atoms with Crippen LogP contribution in [0.15, 0.2) is 4.79 Å². The van der Waals surface area contributed by atoms with Crippen LogP contribution in [0.3, 0.4) is 0 Å². The SMILES string of the molecule is Cl.NCCCNC(=O)c1c(O)c2c([nH]c1=O)CCCC2. The van der Waals surface area contributed by atoms with Gasteiger partial charge in [0.25, 0.3) is 11.5 Å². The minimum Gasteiger partial charge on any atom is -0.507 e. The molecular weight excluding hydrogens is 282 g/mol. The highest BCUT2D eigenvalue weighted by molar-refractivity contribution is 5.96. The van der Waals surface area contributed by atoms with Crippen molar-refractivity contribution in [2.75, 3.05) is 13.1 Å². The zero-order chi connectivity index (χ0) is 13.8. The highest BCUT2D eigenvalue weighted by atomic mass is 35.5. The molecule has 1 aliphatic carbocycles. The number of carbonyl (C=O) groups is 1. The zero-order valence-corrected chi connectivity index (χ0v) is 12.0. The number of nitrogens with two attached hydrogens (primary N) is 1. The summed E-state index contributed by atoms with van der Waals surface area (Å²) in [6, 6.07) is 0. The van der Waals surface area contributed by atoms with Crippen molar-refractivity contribution in [3.63, 3.8) is 0 Å². The van der Waals surface area contributed by atoms with Crippen LogP contribution in [0, 0.1) is 0 Å². The van der Waals surface area contributed by atoms with Gasteiger partial charge in [-0.05, 0) is 38.6 Å². The Labute approximate surface area is 123 Å². The molecule has 0 radical (unpaired) electrons. The second-order valence-electron chi connectivity index (χ2n) is 4.74. The van der Waals surface area contributed by atoms with Gasteiger partial charge in [-0.25, -0.2) is 0 Å². The molecule has 0 aromatic carbocycles. The van der Waals surface area contributed by atoms with E-state index < -0.39 is 11.5 Å². The van der Waals surface area contributed by atoms with Crippen molar-refractivity contribution in [3.8, 4) is 5.75 Å². The predicted octanol–water partition coefficient (Wildman–Crippen LogP) is 0.460. The number of aryl methyl sites for hydroxylation is 1. The van der Waals surface area contributed by atoms with E-state index in [4.69, 9.17) is 5.73 Å². The molecule has 20 heavy (non-hydrogen) atoms. The lowest BCUT2D eigenvalue weighted by Crippen LogP contribution is -2.32. The van der Waals surface area contributed by atoms with Crippen molar-refractivity contribution in [2.45, 2.75) is 32.1 Å². The highest BCUT2D eigenvalue weighted by Crippen LogP contribution is 2.28. The largest absolute Gasteiger partial charge is 0.507 e. The number of aromatic nitrogens is 1. The van der Waals surface area contributed by atoms with Crippen LogP contribution in [-0.4, -0.2) is 29.1 Å². The van der Waals surface area contributed by atoms with E-state index in [0.29, 0.717) is 31.5 Å². The van der Waals surface area contributed by atoms with Crippen LogP contribution in [0.5, 0.6) is 5.75 Å². The molecule has 7 heteroatoms. The number of carbonyl (C=O) groups excluding carboxylic acids is 1. The molecule has 1 heterocycles. The standard InChI is InChI=1S/C13H19N3O3.ClH/c14-6-3-7-15-12(18)10-11(17)8-4-1-2-5-9(8)16-13(10)19;/h1-7,14H2,(H,15,18)(H2,16,17,19);1H. The molecule has 0 fully saturated rings. The summed E-state index contributed by atoms with van der Waals surface area (Å²) < 4.78 is 0. The van der Waals surface area contributed by atoms with E-state index in [-0.39, 0.29) is 23.7 Å². The molecular formula is C13H20ClN3O3. The number of nitrogens with one attached hydrogen (secondary N) is 2. The topological polar surface area (TPSA) is 108 Å². The Balaban J connectivity index is 0.00000200. The third kappa shape index (κ3) is 3.32. The van der Waals surface area contributed by atoms with Gasteiger partial charge in [-0.2, -0.15) is 0 Å². The molecule has 0 atom stereocenters. The second kappa shape index (κ2) is 7.31. The van der Waals surface area contributed by atoms with Gasteiger partial charge in [0.1, 0.15) is 11.3 Å². The van der Waals surface area contributed by atoms with Gasteiger partial charge in [0.15, 0.2) is 0 Å². The summed E-state index contributed by atoms with van der Waals surface area (Å²) in [6.07, 6.45) is 4.02. The van der Waals surface area contributed by atoms with Crippen molar-refractivity contribution in [1.29, 1.82) is 0 Å². The number of rotatable bonds is 4. The Hall–Kier alpha value is -1.53. The molecule has 0 saturated heterocycles. The van der Waals surface area contributed by atoms with Gasteiger partial charge in [0.2, 0.25) is 0 Å². The number of aromatic hydroxyl groups is 1. The van der Waals surface area contributed by atoms with Crippen molar-refractivity contribution in [2.24, 2.45) is 5.73 Å². The lowest BCUT2D eigenvalue weighted by molar-refractivity contribution is 0.0949. The molecule has 1 aliphatic rings. The lowest BCUT2D eigenvalue weighted by Gasteiger charge is -2.18. The highest BCUT2D eigenvalue weighted by Gasteiger charge is 2.23. The number of hydrogen-bond acceptors (Lipinski definition) is 4. The van der Waals surface area contributed by atoms with Gasteiger partial charge in [0, 0.05) is 17.8 Å². The number of H-pyrrole nitrogens is 1.